The number of hydrogen-bond acceptors (Lipinski definition) is 7. The highest BCUT2D eigenvalue weighted by Crippen LogP contribution is 2.38. The Hall–Kier alpha value is -2.46. The van der Waals surface area contributed by atoms with Crippen molar-refractivity contribution in [2.24, 2.45) is 0 Å². The zero-order valence-corrected chi connectivity index (χ0v) is 19.3. The number of nitrogens with one attached hydrogen (secondary N) is 2. The van der Waals surface area contributed by atoms with Crippen molar-refractivity contribution in [3.8, 4) is 0 Å². The Kier molecular flexibility index (Phi) is 7.32. The van der Waals surface area contributed by atoms with Crippen LogP contribution in [0.4, 0.5) is 15.5 Å². The van der Waals surface area contributed by atoms with Gasteiger partial charge in [0, 0.05) is 28.7 Å². The number of hydrogen-bond donors (Lipinski definition) is 2. The summed E-state index contributed by atoms with van der Waals surface area (Å²) in [6, 6.07) is 6.33. The zero-order valence-electron chi connectivity index (χ0n) is 16.9. The molecule has 0 aliphatic carbocycles. The monoisotopic (exact) mass is 481 g/mol. The molecule has 0 bridgehead atoms. The van der Waals surface area contributed by atoms with Crippen molar-refractivity contribution in [2.75, 3.05) is 23.7 Å². The molecule has 31 heavy (non-hydrogen) atoms. The Morgan fingerprint density at radius 2 is 2.00 bits per heavy atom. The summed E-state index contributed by atoms with van der Waals surface area (Å²) >= 11 is 7.29. The molecule has 3 aromatic rings. The number of aromatic nitrogens is 2. The standard InChI is InChI=1S/C20H20ClN5O3S.ClH/c1-3-26-9-8-14-15(10-26)30-19(16(14)17(27)18-22-11(2)25-29-18)24-20(28)23-13-6-4-12(21)5-7-13;/h4-7H,3,8-10H2,1-2H3,(H2,23,24,28);1H. The van der Waals surface area contributed by atoms with E-state index in [9.17, 15) is 9.59 Å². The molecule has 3 heterocycles. The van der Waals surface area contributed by atoms with Crippen LogP contribution < -0.4 is 10.6 Å². The number of halogens is 2. The van der Waals surface area contributed by atoms with Crippen molar-refractivity contribution in [1.29, 1.82) is 0 Å². The first-order valence-corrected chi connectivity index (χ1v) is 10.7. The Morgan fingerprint density at radius 3 is 2.65 bits per heavy atom. The number of nitrogens with zero attached hydrogens (tertiary/aromatic N) is 3. The van der Waals surface area contributed by atoms with E-state index >= 15 is 0 Å². The van der Waals surface area contributed by atoms with Gasteiger partial charge in [-0.25, -0.2) is 4.79 Å². The average molecular weight is 482 g/mol. The molecule has 0 atom stereocenters. The summed E-state index contributed by atoms with van der Waals surface area (Å²) in [5.74, 6) is -0.0679. The van der Waals surface area contributed by atoms with Crippen LogP contribution in [0, 0.1) is 6.92 Å². The van der Waals surface area contributed by atoms with Crippen molar-refractivity contribution in [3.63, 3.8) is 0 Å². The molecule has 8 nitrogen and oxygen atoms in total. The quantitative estimate of drug-likeness (QED) is 0.509. The van der Waals surface area contributed by atoms with E-state index in [1.807, 2.05) is 0 Å². The topological polar surface area (TPSA) is 100 Å². The second-order valence-electron chi connectivity index (χ2n) is 6.89. The highest BCUT2D eigenvalue weighted by molar-refractivity contribution is 7.17. The first-order chi connectivity index (χ1) is 14.4. The molecule has 164 valence electrons. The average Bonchev–Trinajstić information content (AvgIpc) is 3.31. The number of carbonyl (C=O) groups excluding carboxylic acids is 2. The van der Waals surface area contributed by atoms with E-state index < -0.39 is 6.03 Å². The molecule has 0 radical (unpaired) electrons. The van der Waals surface area contributed by atoms with Gasteiger partial charge >= 0.3 is 6.03 Å². The third-order valence-corrected chi connectivity index (χ3v) is 6.25. The van der Waals surface area contributed by atoms with Crippen LogP contribution in [0.1, 0.15) is 39.4 Å². The maximum Gasteiger partial charge on any atom is 0.324 e. The van der Waals surface area contributed by atoms with Gasteiger partial charge in [0.25, 0.3) is 11.7 Å². The summed E-state index contributed by atoms with van der Waals surface area (Å²) in [6.45, 7) is 6.26. The molecule has 2 aromatic heterocycles. The number of urea groups is 1. The highest BCUT2D eigenvalue weighted by Gasteiger charge is 2.31. The van der Waals surface area contributed by atoms with Crippen molar-refractivity contribution in [2.45, 2.75) is 26.8 Å². The number of aryl methyl sites for hydroxylation is 1. The Labute approximate surface area is 194 Å². The molecule has 11 heteroatoms. The molecule has 0 fully saturated rings. The van der Waals surface area contributed by atoms with Crippen LogP contribution in [0.2, 0.25) is 5.02 Å². The SMILES string of the molecule is CCN1CCc2c(sc(NC(=O)Nc3ccc(Cl)cc3)c2C(=O)c2nc(C)no2)C1.Cl. The van der Waals surface area contributed by atoms with Gasteiger partial charge in [-0.05, 0) is 49.7 Å². The molecule has 1 aromatic carbocycles. The van der Waals surface area contributed by atoms with Crippen molar-refractivity contribution in [1.82, 2.24) is 15.0 Å². The van der Waals surface area contributed by atoms with E-state index in [1.165, 1.54) is 11.3 Å². The Balaban J connectivity index is 0.00000272. The molecule has 2 amide bonds. The van der Waals surface area contributed by atoms with Gasteiger partial charge in [-0.1, -0.05) is 23.7 Å². The second-order valence-corrected chi connectivity index (χ2v) is 8.43. The van der Waals surface area contributed by atoms with Crippen LogP contribution in [0.5, 0.6) is 0 Å². The fraction of sp³-hybridized carbons (Fsp3) is 0.300. The number of fused-ring (bicyclic) bond motifs is 1. The summed E-state index contributed by atoms with van der Waals surface area (Å²) in [6.07, 6.45) is 0.717. The largest absolute Gasteiger partial charge is 0.330 e. The lowest BCUT2D eigenvalue weighted by atomic mass is 10.00. The van der Waals surface area contributed by atoms with Crippen molar-refractivity contribution < 1.29 is 14.1 Å². The molecular weight excluding hydrogens is 461 g/mol. The number of benzene rings is 1. The van der Waals surface area contributed by atoms with Crippen LogP contribution in [0.25, 0.3) is 0 Å². The van der Waals surface area contributed by atoms with E-state index in [0.717, 1.165) is 30.1 Å². The molecular formula is C20H21Cl2N5O3S. The van der Waals surface area contributed by atoms with Crippen molar-refractivity contribution in [3.05, 3.63) is 57.0 Å². The van der Waals surface area contributed by atoms with Gasteiger partial charge in [-0.15, -0.1) is 23.7 Å². The van der Waals surface area contributed by atoms with E-state index in [-0.39, 0.29) is 24.1 Å². The number of amides is 2. The molecule has 4 rings (SSSR count). The summed E-state index contributed by atoms with van der Waals surface area (Å²) in [5, 5.41) is 10.4. The molecule has 2 N–H and O–H groups in total. The molecule has 0 saturated heterocycles. The minimum atomic E-state index is -0.445. The fourth-order valence-electron chi connectivity index (χ4n) is 3.35. The molecule has 1 aliphatic rings. The van der Waals surface area contributed by atoms with Gasteiger partial charge in [0.05, 0.1) is 5.56 Å². The van der Waals surface area contributed by atoms with Crippen LogP contribution in [-0.2, 0) is 13.0 Å². The van der Waals surface area contributed by atoms with E-state index in [0.29, 0.717) is 33.5 Å². The summed E-state index contributed by atoms with van der Waals surface area (Å²) in [5.41, 5.74) is 1.96. The van der Waals surface area contributed by atoms with Gasteiger partial charge < -0.3 is 9.84 Å². The number of carbonyl (C=O) groups is 2. The number of rotatable bonds is 5. The third-order valence-electron chi connectivity index (χ3n) is 4.86. The predicted octanol–water partition coefficient (Wildman–Crippen LogP) is 4.77. The molecule has 0 saturated carbocycles. The van der Waals surface area contributed by atoms with Gasteiger partial charge in [0.1, 0.15) is 5.00 Å². The fourth-order valence-corrected chi connectivity index (χ4v) is 4.76. The highest BCUT2D eigenvalue weighted by atomic mass is 35.5. The second kappa shape index (κ2) is 9.78. The number of ketones is 1. The van der Waals surface area contributed by atoms with Crippen LogP contribution >= 0.6 is 35.3 Å². The van der Waals surface area contributed by atoms with Crippen LogP contribution in [-0.4, -0.2) is 39.9 Å². The molecule has 0 unspecified atom stereocenters. The number of likely N-dealkylation sites (N-methyl/N-ethyl adjacent to an activating group) is 1. The lowest BCUT2D eigenvalue weighted by molar-refractivity contribution is 0.0993. The summed E-state index contributed by atoms with van der Waals surface area (Å²) in [7, 11) is 0. The molecule has 1 aliphatic heterocycles. The van der Waals surface area contributed by atoms with Gasteiger partial charge in [-0.2, -0.15) is 4.98 Å². The van der Waals surface area contributed by atoms with Gasteiger partial charge in [0.2, 0.25) is 0 Å². The van der Waals surface area contributed by atoms with Crippen LogP contribution in [0.3, 0.4) is 0 Å². The Morgan fingerprint density at radius 1 is 1.26 bits per heavy atom. The normalized spacial score (nSPS) is 13.3. The first kappa shape index (κ1) is 23.2. The maximum atomic E-state index is 13.2. The molecule has 0 spiro atoms. The lowest BCUT2D eigenvalue weighted by Gasteiger charge is -2.25. The number of anilines is 2. The van der Waals surface area contributed by atoms with E-state index in [1.54, 1.807) is 31.2 Å². The van der Waals surface area contributed by atoms with E-state index in [2.05, 4.69) is 32.6 Å². The summed E-state index contributed by atoms with van der Waals surface area (Å²) < 4.78 is 5.09. The first-order valence-electron chi connectivity index (χ1n) is 9.50. The van der Waals surface area contributed by atoms with E-state index in [4.69, 9.17) is 16.1 Å². The zero-order chi connectivity index (χ0) is 21.3. The number of thiophene rings is 1. The van der Waals surface area contributed by atoms with Crippen LogP contribution in [0.15, 0.2) is 28.8 Å². The predicted molar refractivity (Wildman–Crippen MR) is 123 cm³/mol. The minimum absolute atomic E-state index is 0. The van der Waals surface area contributed by atoms with Crippen molar-refractivity contribution >= 4 is 57.8 Å². The Bertz CT molecular complexity index is 1100. The smallest absolute Gasteiger partial charge is 0.324 e. The summed E-state index contributed by atoms with van der Waals surface area (Å²) in [4.78, 5) is 33.2. The maximum absolute atomic E-state index is 13.2. The lowest BCUT2D eigenvalue weighted by Crippen LogP contribution is -2.30. The third kappa shape index (κ3) is 5.07. The van der Waals surface area contributed by atoms with Gasteiger partial charge in [0.15, 0.2) is 5.82 Å². The van der Waals surface area contributed by atoms with Gasteiger partial charge in [-0.3, -0.25) is 15.0 Å². The minimum Gasteiger partial charge on any atom is -0.330 e.